The van der Waals surface area contributed by atoms with Crippen LogP contribution in [-0.2, 0) is 14.4 Å². The Kier molecular flexibility index (Phi) is 5.50. The minimum atomic E-state index is -1.02. The molecule has 0 aromatic rings. The van der Waals surface area contributed by atoms with Crippen LogP contribution >= 0.6 is 11.8 Å². The van der Waals surface area contributed by atoms with Gasteiger partial charge in [-0.15, -0.1) is 0 Å². The van der Waals surface area contributed by atoms with Crippen molar-refractivity contribution in [1.82, 2.24) is 10.2 Å². The number of carboxylic acid groups (broad SMARTS) is 1. The third-order valence-electron chi connectivity index (χ3n) is 3.99. The van der Waals surface area contributed by atoms with E-state index in [1.165, 1.54) is 0 Å². The number of carbonyl (C=O) groups is 3. The fraction of sp³-hybridized carbons (Fsp3) is 0.786. The molecule has 2 aliphatic rings. The van der Waals surface area contributed by atoms with Gasteiger partial charge in [-0.25, -0.2) is 4.79 Å². The first-order chi connectivity index (χ1) is 10.0. The molecule has 7 heteroatoms. The van der Waals surface area contributed by atoms with Gasteiger partial charge in [-0.1, -0.05) is 0 Å². The molecule has 6 nitrogen and oxygen atoms in total. The zero-order chi connectivity index (χ0) is 15.4. The average molecular weight is 314 g/mol. The maximum Gasteiger partial charge on any atom is 0.326 e. The number of hydrogen-bond donors (Lipinski definition) is 2. The molecule has 21 heavy (non-hydrogen) atoms. The Labute approximate surface area is 128 Å². The predicted molar refractivity (Wildman–Crippen MR) is 80.0 cm³/mol. The van der Waals surface area contributed by atoms with Crippen LogP contribution in [0.15, 0.2) is 0 Å². The molecule has 2 rings (SSSR count). The molecule has 2 atom stereocenters. The summed E-state index contributed by atoms with van der Waals surface area (Å²) in [6.07, 6.45) is 4.82. The average Bonchev–Trinajstić information content (AvgIpc) is 3.17. The van der Waals surface area contributed by atoms with Crippen LogP contribution in [0.4, 0.5) is 0 Å². The zero-order valence-electron chi connectivity index (χ0n) is 12.2. The maximum atomic E-state index is 12.2. The molecule has 1 aliphatic heterocycles. The molecule has 2 amide bonds. The van der Waals surface area contributed by atoms with Crippen molar-refractivity contribution in [3.63, 3.8) is 0 Å². The van der Waals surface area contributed by atoms with Crippen LogP contribution in [0.5, 0.6) is 0 Å². The molecule has 0 aromatic carbocycles. The summed E-state index contributed by atoms with van der Waals surface area (Å²) in [5, 5.41) is 11.7. The van der Waals surface area contributed by atoms with Crippen molar-refractivity contribution in [2.75, 3.05) is 25.1 Å². The van der Waals surface area contributed by atoms with Crippen molar-refractivity contribution < 1.29 is 19.5 Å². The van der Waals surface area contributed by atoms with Gasteiger partial charge in [0.15, 0.2) is 0 Å². The summed E-state index contributed by atoms with van der Waals surface area (Å²) in [4.78, 5) is 36.9. The normalized spacial score (nSPS) is 23.2. The molecule has 0 radical (unpaired) electrons. The van der Waals surface area contributed by atoms with Gasteiger partial charge in [0, 0.05) is 19.5 Å². The molecule has 0 spiro atoms. The molecule has 2 N–H and O–H groups in total. The molecular weight excluding hydrogens is 292 g/mol. The number of nitrogens with one attached hydrogen (secondary N) is 1. The third-order valence-corrected chi connectivity index (χ3v) is 4.63. The van der Waals surface area contributed by atoms with Gasteiger partial charge in [-0.3, -0.25) is 9.59 Å². The van der Waals surface area contributed by atoms with Gasteiger partial charge in [0.1, 0.15) is 6.04 Å². The van der Waals surface area contributed by atoms with Crippen molar-refractivity contribution in [3.8, 4) is 0 Å². The van der Waals surface area contributed by atoms with Gasteiger partial charge < -0.3 is 15.3 Å². The van der Waals surface area contributed by atoms with Crippen LogP contribution in [0, 0.1) is 11.8 Å². The van der Waals surface area contributed by atoms with Crippen molar-refractivity contribution in [2.45, 2.75) is 31.7 Å². The van der Waals surface area contributed by atoms with Crippen LogP contribution in [-0.4, -0.2) is 58.9 Å². The zero-order valence-corrected chi connectivity index (χ0v) is 13.0. The van der Waals surface area contributed by atoms with Crippen molar-refractivity contribution >= 4 is 29.5 Å². The molecule has 2 fully saturated rings. The van der Waals surface area contributed by atoms with E-state index in [2.05, 4.69) is 5.32 Å². The largest absolute Gasteiger partial charge is 0.480 e. The van der Waals surface area contributed by atoms with Gasteiger partial charge >= 0.3 is 5.97 Å². The second-order valence-electron chi connectivity index (χ2n) is 5.82. The third kappa shape index (κ3) is 4.62. The highest BCUT2D eigenvalue weighted by Crippen LogP contribution is 2.32. The second-order valence-corrected chi connectivity index (χ2v) is 6.81. The highest BCUT2D eigenvalue weighted by atomic mass is 32.2. The lowest BCUT2D eigenvalue weighted by atomic mass is 10.1. The molecule has 1 unspecified atom stereocenters. The van der Waals surface area contributed by atoms with Gasteiger partial charge in [-0.05, 0) is 37.2 Å². The smallest absolute Gasteiger partial charge is 0.326 e. The Morgan fingerprint density at radius 1 is 1.48 bits per heavy atom. The van der Waals surface area contributed by atoms with Crippen LogP contribution in [0.25, 0.3) is 0 Å². The Balaban J connectivity index is 1.84. The molecule has 0 bridgehead atoms. The number of rotatable bonds is 8. The van der Waals surface area contributed by atoms with Crippen LogP contribution < -0.4 is 5.32 Å². The first-order valence-electron chi connectivity index (χ1n) is 7.31. The Hall–Kier alpha value is -1.24. The van der Waals surface area contributed by atoms with Crippen LogP contribution in [0.3, 0.4) is 0 Å². The van der Waals surface area contributed by atoms with Crippen molar-refractivity contribution in [3.05, 3.63) is 0 Å². The van der Waals surface area contributed by atoms with E-state index in [1.807, 2.05) is 6.26 Å². The molecule has 118 valence electrons. The number of amides is 2. The van der Waals surface area contributed by atoms with Gasteiger partial charge in [-0.2, -0.15) is 11.8 Å². The number of carboxylic acids is 1. The molecule has 0 aromatic heterocycles. The van der Waals surface area contributed by atoms with E-state index in [9.17, 15) is 14.4 Å². The number of likely N-dealkylation sites (tertiary alicyclic amines) is 1. The predicted octanol–water partition coefficient (Wildman–Crippen LogP) is 0.567. The minimum Gasteiger partial charge on any atom is -0.480 e. The number of hydrogen-bond acceptors (Lipinski definition) is 4. The van der Waals surface area contributed by atoms with E-state index >= 15 is 0 Å². The number of carbonyl (C=O) groups excluding carboxylic acids is 2. The fourth-order valence-electron chi connectivity index (χ4n) is 2.52. The Morgan fingerprint density at radius 3 is 2.76 bits per heavy atom. The number of nitrogens with zero attached hydrogens (tertiary/aromatic N) is 1. The standard InChI is InChI=1S/C14H22N2O4S/c1-21-5-4-11(14(19)20)15-13(18)10-6-12(17)16(8-10)7-9-2-3-9/h9-11H,2-8H2,1H3,(H,15,18)(H,19,20)/t10?,11-/m1/s1. The Bertz CT molecular complexity index is 425. The second kappa shape index (κ2) is 7.15. The van der Waals surface area contributed by atoms with Crippen LogP contribution in [0.1, 0.15) is 25.7 Å². The lowest BCUT2D eigenvalue weighted by Gasteiger charge is -2.18. The SMILES string of the molecule is CSCC[C@@H](NC(=O)C1CC(=O)N(CC2CC2)C1)C(=O)O. The summed E-state index contributed by atoms with van der Waals surface area (Å²) >= 11 is 1.54. The van der Waals surface area contributed by atoms with Crippen molar-refractivity contribution in [1.29, 1.82) is 0 Å². The molecule has 1 aliphatic carbocycles. The van der Waals surface area contributed by atoms with Gasteiger partial charge in [0.25, 0.3) is 0 Å². The quantitative estimate of drug-likeness (QED) is 0.684. The molecule has 1 heterocycles. The summed E-state index contributed by atoms with van der Waals surface area (Å²) in [5.41, 5.74) is 0. The Morgan fingerprint density at radius 2 is 2.19 bits per heavy atom. The van der Waals surface area contributed by atoms with E-state index in [0.717, 1.165) is 19.4 Å². The summed E-state index contributed by atoms with van der Waals surface area (Å²) in [5.74, 6) is -0.449. The highest BCUT2D eigenvalue weighted by Gasteiger charge is 2.38. The summed E-state index contributed by atoms with van der Waals surface area (Å²) < 4.78 is 0. The van der Waals surface area contributed by atoms with E-state index in [4.69, 9.17) is 5.11 Å². The lowest BCUT2D eigenvalue weighted by molar-refractivity contribution is -0.142. The van der Waals surface area contributed by atoms with Gasteiger partial charge in [0.2, 0.25) is 11.8 Å². The highest BCUT2D eigenvalue weighted by molar-refractivity contribution is 7.98. The fourth-order valence-corrected chi connectivity index (χ4v) is 2.99. The topological polar surface area (TPSA) is 86.7 Å². The number of aliphatic carboxylic acids is 1. The first kappa shape index (κ1) is 16.1. The monoisotopic (exact) mass is 314 g/mol. The van der Waals surface area contributed by atoms with E-state index < -0.39 is 17.9 Å². The van der Waals surface area contributed by atoms with Gasteiger partial charge in [0.05, 0.1) is 5.92 Å². The molecule has 1 saturated carbocycles. The maximum absolute atomic E-state index is 12.2. The van der Waals surface area contributed by atoms with E-state index in [-0.39, 0.29) is 18.2 Å². The van der Waals surface area contributed by atoms with Crippen LogP contribution in [0.2, 0.25) is 0 Å². The first-order valence-corrected chi connectivity index (χ1v) is 8.70. The van der Waals surface area contributed by atoms with Crippen molar-refractivity contribution in [2.24, 2.45) is 11.8 Å². The summed E-state index contributed by atoms with van der Waals surface area (Å²) in [6.45, 7) is 1.17. The summed E-state index contributed by atoms with van der Waals surface area (Å²) in [7, 11) is 0. The number of thioether (sulfide) groups is 1. The molecular formula is C14H22N2O4S. The minimum absolute atomic E-state index is 0.0121. The lowest BCUT2D eigenvalue weighted by Crippen LogP contribution is -2.44. The summed E-state index contributed by atoms with van der Waals surface area (Å²) in [6, 6.07) is -0.863. The van der Waals surface area contributed by atoms with E-state index in [1.54, 1.807) is 16.7 Å². The van der Waals surface area contributed by atoms with E-state index in [0.29, 0.717) is 24.6 Å². The molecule has 1 saturated heterocycles.